The van der Waals surface area contributed by atoms with E-state index >= 15 is 0 Å². The third-order valence-corrected chi connectivity index (χ3v) is 4.06. The van der Waals surface area contributed by atoms with E-state index < -0.39 is 0 Å². The molecule has 18 heavy (non-hydrogen) atoms. The zero-order valence-electron chi connectivity index (χ0n) is 10.9. The maximum absolute atomic E-state index is 5.98. The predicted octanol–water partition coefficient (Wildman–Crippen LogP) is 2.01. The fourth-order valence-electron chi connectivity index (χ4n) is 2.92. The zero-order chi connectivity index (χ0) is 12.8. The average Bonchev–Trinajstić information content (AvgIpc) is 2.67. The van der Waals surface area contributed by atoms with Crippen molar-refractivity contribution in [3.8, 4) is 0 Å². The Bertz CT molecular complexity index is 359. The molecule has 1 heterocycles. The number of nitrogen functional groups attached to an aromatic ring is 1. The van der Waals surface area contributed by atoms with Crippen molar-refractivity contribution in [3.05, 3.63) is 24.0 Å². The molecule has 0 spiro atoms. The maximum atomic E-state index is 5.98. The summed E-state index contributed by atoms with van der Waals surface area (Å²) in [5, 5.41) is 0. The molecule has 4 nitrogen and oxygen atoms in total. The first-order valence-corrected chi connectivity index (χ1v) is 6.95. The number of rotatable bonds is 4. The van der Waals surface area contributed by atoms with Crippen LogP contribution in [0.1, 0.15) is 44.1 Å². The summed E-state index contributed by atoms with van der Waals surface area (Å²) in [5.74, 6) is 6.41. The van der Waals surface area contributed by atoms with Crippen molar-refractivity contribution in [1.29, 1.82) is 0 Å². The first-order valence-electron chi connectivity index (χ1n) is 6.95. The summed E-state index contributed by atoms with van der Waals surface area (Å²) >= 11 is 0. The van der Waals surface area contributed by atoms with Crippen LogP contribution in [0.2, 0.25) is 0 Å². The fourth-order valence-corrected chi connectivity index (χ4v) is 2.92. The van der Waals surface area contributed by atoms with E-state index in [0.717, 1.165) is 17.7 Å². The van der Waals surface area contributed by atoms with Gasteiger partial charge in [0.15, 0.2) is 0 Å². The van der Waals surface area contributed by atoms with Crippen molar-refractivity contribution in [2.45, 2.75) is 51.0 Å². The molecule has 1 fully saturated rings. The molecule has 1 saturated carbocycles. The molecule has 1 atom stereocenters. The van der Waals surface area contributed by atoms with Crippen LogP contribution in [0.5, 0.6) is 0 Å². The minimum Gasteiger partial charge on any atom is -0.398 e. The first kappa shape index (κ1) is 13.3. The van der Waals surface area contributed by atoms with E-state index in [0.29, 0.717) is 12.0 Å². The van der Waals surface area contributed by atoms with E-state index in [4.69, 9.17) is 11.6 Å². The Hall–Kier alpha value is -1.13. The van der Waals surface area contributed by atoms with Gasteiger partial charge in [-0.1, -0.05) is 25.7 Å². The third-order valence-electron chi connectivity index (χ3n) is 4.06. The van der Waals surface area contributed by atoms with Crippen LogP contribution in [0.3, 0.4) is 0 Å². The molecule has 0 amide bonds. The van der Waals surface area contributed by atoms with Crippen LogP contribution in [-0.2, 0) is 6.42 Å². The van der Waals surface area contributed by atoms with Gasteiger partial charge in [0.1, 0.15) is 0 Å². The molecular weight excluding hydrogens is 224 g/mol. The van der Waals surface area contributed by atoms with Gasteiger partial charge in [-0.3, -0.25) is 16.3 Å². The predicted molar refractivity (Wildman–Crippen MR) is 74.7 cm³/mol. The minimum atomic E-state index is 0.314. The highest BCUT2D eigenvalue weighted by atomic mass is 15.2. The Labute approximate surface area is 109 Å². The topological polar surface area (TPSA) is 77.0 Å². The van der Waals surface area contributed by atoms with E-state index in [1.165, 1.54) is 38.5 Å². The van der Waals surface area contributed by atoms with Gasteiger partial charge in [0.05, 0.1) is 0 Å². The van der Waals surface area contributed by atoms with E-state index in [1.807, 2.05) is 12.3 Å². The van der Waals surface area contributed by atoms with E-state index in [9.17, 15) is 0 Å². The molecule has 5 N–H and O–H groups in total. The Balaban J connectivity index is 2.02. The third kappa shape index (κ3) is 3.43. The number of hydrogen-bond donors (Lipinski definition) is 3. The summed E-state index contributed by atoms with van der Waals surface area (Å²) in [6.45, 7) is 0. The van der Waals surface area contributed by atoms with Crippen LogP contribution in [0.15, 0.2) is 18.5 Å². The normalized spacial score (nSPS) is 19.4. The van der Waals surface area contributed by atoms with Crippen LogP contribution in [0, 0.1) is 5.92 Å². The van der Waals surface area contributed by atoms with Gasteiger partial charge in [-0.05, 0) is 36.8 Å². The molecule has 4 heteroatoms. The van der Waals surface area contributed by atoms with Crippen molar-refractivity contribution >= 4 is 5.69 Å². The molecule has 0 bridgehead atoms. The molecule has 100 valence electrons. The Kier molecular flexibility index (Phi) is 4.96. The molecule has 0 radical (unpaired) electrons. The van der Waals surface area contributed by atoms with E-state index in [1.54, 1.807) is 6.20 Å². The van der Waals surface area contributed by atoms with Gasteiger partial charge in [-0.15, -0.1) is 0 Å². The molecule has 1 aliphatic rings. The molecule has 2 rings (SSSR count). The molecule has 0 aromatic carbocycles. The number of nitrogens with two attached hydrogens (primary N) is 2. The highest BCUT2D eigenvalue weighted by molar-refractivity contribution is 5.44. The van der Waals surface area contributed by atoms with E-state index in [-0.39, 0.29) is 0 Å². The van der Waals surface area contributed by atoms with Crippen molar-refractivity contribution in [2.75, 3.05) is 5.73 Å². The lowest BCUT2D eigenvalue weighted by atomic mass is 9.88. The standard InChI is InChI=1S/C14H24N4/c15-13-7-8-17-10-12(13)9-14(18-16)11-5-3-1-2-4-6-11/h7-8,10-11,14,18H,1-6,9,16H2,(H2,15,17). The monoisotopic (exact) mass is 248 g/mol. The Morgan fingerprint density at radius 1 is 1.28 bits per heavy atom. The van der Waals surface area contributed by atoms with Crippen LogP contribution < -0.4 is 17.0 Å². The summed E-state index contributed by atoms with van der Waals surface area (Å²) in [5.41, 5.74) is 10.9. The first-order chi connectivity index (χ1) is 8.81. The lowest BCUT2D eigenvalue weighted by molar-refractivity contribution is 0.320. The number of nitrogens with one attached hydrogen (secondary N) is 1. The van der Waals surface area contributed by atoms with Gasteiger partial charge in [0.2, 0.25) is 0 Å². The highest BCUT2D eigenvalue weighted by Crippen LogP contribution is 2.27. The molecule has 1 aliphatic carbocycles. The SMILES string of the molecule is NNC(Cc1cnccc1N)C1CCCCCC1. The smallest absolute Gasteiger partial charge is 0.0378 e. The van der Waals surface area contributed by atoms with Gasteiger partial charge in [-0.25, -0.2) is 0 Å². The Morgan fingerprint density at radius 3 is 2.61 bits per heavy atom. The van der Waals surface area contributed by atoms with Gasteiger partial charge in [0.25, 0.3) is 0 Å². The molecule has 1 aromatic rings. The number of pyridine rings is 1. The van der Waals surface area contributed by atoms with Crippen molar-refractivity contribution in [1.82, 2.24) is 10.4 Å². The largest absolute Gasteiger partial charge is 0.398 e. The quantitative estimate of drug-likeness (QED) is 0.433. The number of hydrogen-bond acceptors (Lipinski definition) is 4. The van der Waals surface area contributed by atoms with Gasteiger partial charge < -0.3 is 5.73 Å². The lowest BCUT2D eigenvalue weighted by Crippen LogP contribution is -2.42. The maximum Gasteiger partial charge on any atom is 0.0378 e. The Morgan fingerprint density at radius 2 is 2.00 bits per heavy atom. The number of nitrogens with zero attached hydrogens (tertiary/aromatic N) is 1. The van der Waals surface area contributed by atoms with Crippen molar-refractivity contribution in [3.63, 3.8) is 0 Å². The lowest BCUT2D eigenvalue weighted by Gasteiger charge is -2.25. The minimum absolute atomic E-state index is 0.314. The fraction of sp³-hybridized carbons (Fsp3) is 0.643. The second kappa shape index (κ2) is 6.71. The van der Waals surface area contributed by atoms with Gasteiger partial charge in [0, 0.05) is 24.1 Å². The number of aromatic nitrogens is 1. The number of anilines is 1. The molecule has 0 aliphatic heterocycles. The molecule has 0 saturated heterocycles. The van der Waals surface area contributed by atoms with Crippen LogP contribution in [0.4, 0.5) is 5.69 Å². The van der Waals surface area contributed by atoms with Crippen LogP contribution in [0.25, 0.3) is 0 Å². The second-order valence-corrected chi connectivity index (χ2v) is 5.30. The molecule has 1 aromatic heterocycles. The second-order valence-electron chi connectivity index (χ2n) is 5.30. The summed E-state index contributed by atoms with van der Waals surface area (Å²) in [7, 11) is 0. The van der Waals surface area contributed by atoms with E-state index in [2.05, 4.69) is 10.4 Å². The van der Waals surface area contributed by atoms with Crippen LogP contribution >= 0.6 is 0 Å². The van der Waals surface area contributed by atoms with Crippen molar-refractivity contribution in [2.24, 2.45) is 11.8 Å². The van der Waals surface area contributed by atoms with Crippen molar-refractivity contribution < 1.29 is 0 Å². The summed E-state index contributed by atoms with van der Waals surface area (Å²) in [6, 6.07) is 2.17. The number of hydrazine groups is 1. The summed E-state index contributed by atoms with van der Waals surface area (Å²) in [4.78, 5) is 4.15. The highest BCUT2D eigenvalue weighted by Gasteiger charge is 2.22. The zero-order valence-corrected chi connectivity index (χ0v) is 10.9. The average molecular weight is 248 g/mol. The summed E-state index contributed by atoms with van der Waals surface area (Å²) < 4.78 is 0. The molecule has 1 unspecified atom stereocenters. The summed E-state index contributed by atoms with van der Waals surface area (Å²) in [6.07, 6.45) is 12.4. The van der Waals surface area contributed by atoms with Gasteiger partial charge >= 0.3 is 0 Å². The molecular formula is C14H24N4. The van der Waals surface area contributed by atoms with Crippen LogP contribution in [-0.4, -0.2) is 11.0 Å². The van der Waals surface area contributed by atoms with Gasteiger partial charge in [-0.2, -0.15) is 0 Å².